The van der Waals surface area contributed by atoms with Gasteiger partial charge in [-0.1, -0.05) is 48.1 Å². The van der Waals surface area contributed by atoms with Crippen LogP contribution in [0.4, 0.5) is 9.93 Å². The minimum Gasteiger partial charge on any atom is -0.445 e. The van der Waals surface area contributed by atoms with Crippen LogP contribution in [0.3, 0.4) is 0 Å². The zero-order valence-electron chi connectivity index (χ0n) is 14.6. The zero-order chi connectivity index (χ0) is 18.4. The number of carbonyl (C=O) groups is 1. The Kier molecular flexibility index (Phi) is 6.30. The Balaban J connectivity index is 1.45. The summed E-state index contributed by atoms with van der Waals surface area (Å²) >= 11 is 3.01. The van der Waals surface area contributed by atoms with E-state index in [2.05, 4.69) is 20.6 Å². The number of urea groups is 1. The smallest absolute Gasteiger partial charge is 0.321 e. The van der Waals surface area contributed by atoms with Gasteiger partial charge in [0.25, 0.3) is 0 Å². The Morgan fingerprint density at radius 2 is 2.19 bits per heavy atom. The lowest BCUT2D eigenvalue weighted by Gasteiger charge is -2.06. The van der Waals surface area contributed by atoms with Gasteiger partial charge in [-0.15, -0.1) is 11.8 Å². The van der Waals surface area contributed by atoms with Gasteiger partial charge in [0.15, 0.2) is 5.13 Å². The second kappa shape index (κ2) is 8.86. The summed E-state index contributed by atoms with van der Waals surface area (Å²) in [6.07, 6.45) is 4.34. The van der Waals surface area contributed by atoms with Crippen molar-refractivity contribution < 1.29 is 9.21 Å². The molecule has 0 bridgehead atoms. The van der Waals surface area contributed by atoms with Gasteiger partial charge < -0.3 is 9.73 Å². The van der Waals surface area contributed by atoms with E-state index in [-0.39, 0.29) is 6.03 Å². The van der Waals surface area contributed by atoms with Gasteiger partial charge in [-0.3, -0.25) is 5.32 Å². The van der Waals surface area contributed by atoms with Crippen molar-refractivity contribution in [3.63, 3.8) is 0 Å². The maximum atomic E-state index is 12.0. The first-order valence-electron chi connectivity index (χ1n) is 8.25. The third-order valence-electron chi connectivity index (χ3n) is 3.53. The highest BCUT2D eigenvalue weighted by Crippen LogP contribution is 2.30. The summed E-state index contributed by atoms with van der Waals surface area (Å²) < 4.78 is 6.58. The topological polar surface area (TPSA) is 80.0 Å². The molecule has 0 saturated carbocycles. The average molecular weight is 389 g/mol. The number of oxazole rings is 1. The van der Waals surface area contributed by atoms with Crippen molar-refractivity contribution in [2.45, 2.75) is 36.8 Å². The molecule has 8 heteroatoms. The van der Waals surface area contributed by atoms with Crippen molar-refractivity contribution in [3.8, 4) is 0 Å². The molecule has 1 aromatic carbocycles. The van der Waals surface area contributed by atoms with E-state index in [4.69, 9.17) is 4.42 Å². The van der Waals surface area contributed by atoms with Crippen LogP contribution in [-0.2, 0) is 18.7 Å². The van der Waals surface area contributed by atoms with Crippen LogP contribution in [-0.4, -0.2) is 16.0 Å². The van der Waals surface area contributed by atoms with Crippen molar-refractivity contribution >= 4 is 34.3 Å². The molecule has 0 atom stereocenters. The highest BCUT2D eigenvalue weighted by Gasteiger charge is 2.09. The molecular formula is C18H20N4O2S2. The predicted octanol–water partition coefficient (Wildman–Crippen LogP) is 4.62. The molecule has 0 fully saturated rings. The van der Waals surface area contributed by atoms with E-state index in [1.54, 1.807) is 24.2 Å². The fourth-order valence-electron chi connectivity index (χ4n) is 2.24. The molecule has 136 valence electrons. The molecule has 3 aromatic rings. The zero-order valence-corrected chi connectivity index (χ0v) is 16.2. The molecule has 3 rings (SSSR count). The number of nitrogens with zero attached hydrogens (tertiary/aromatic N) is 2. The summed E-state index contributed by atoms with van der Waals surface area (Å²) in [4.78, 5) is 20.5. The van der Waals surface area contributed by atoms with Gasteiger partial charge in [-0.05, 0) is 12.5 Å². The molecule has 0 saturated heterocycles. The number of aromatic nitrogens is 2. The van der Waals surface area contributed by atoms with Crippen LogP contribution in [0.2, 0.25) is 0 Å². The number of rotatable bonds is 7. The number of thiazole rings is 1. The van der Waals surface area contributed by atoms with Crippen molar-refractivity contribution in [2.24, 2.45) is 0 Å². The lowest BCUT2D eigenvalue weighted by molar-refractivity contribution is 0.251. The number of nitrogens with one attached hydrogen (secondary N) is 2. The fraction of sp³-hybridized carbons (Fsp3) is 0.278. The maximum Gasteiger partial charge on any atom is 0.321 e. The molecule has 0 spiro atoms. The van der Waals surface area contributed by atoms with Crippen LogP contribution in [0, 0.1) is 6.92 Å². The Labute approximate surface area is 160 Å². The van der Waals surface area contributed by atoms with Crippen molar-refractivity contribution in [2.75, 3.05) is 5.32 Å². The largest absolute Gasteiger partial charge is 0.445 e. The number of amides is 2. The number of carbonyl (C=O) groups excluding carboxylic acids is 1. The Morgan fingerprint density at radius 1 is 1.31 bits per heavy atom. The quantitative estimate of drug-likeness (QED) is 0.578. The number of thioether (sulfide) groups is 1. The Morgan fingerprint density at radius 3 is 2.96 bits per heavy atom. The Bertz CT molecular complexity index is 875. The second-order valence-corrected chi connectivity index (χ2v) is 7.95. The van der Waals surface area contributed by atoms with Crippen molar-refractivity contribution in [1.82, 2.24) is 15.3 Å². The fourth-order valence-corrected chi connectivity index (χ4v) is 3.96. The number of hydrogen-bond acceptors (Lipinski definition) is 6. The minimum atomic E-state index is -0.266. The number of hydrogen-bond donors (Lipinski definition) is 2. The molecule has 2 heterocycles. The van der Waals surface area contributed by atoms with Gasteiger partial charge >= 0.3 is 6.03 Å². The van der Waals surface area contributed by atoms with E-state index in [1.807, 2.05) is 38.1 Å². The number of benzene rings is 1. The first-order chi connectivity index (χ1) is 12.6. The van der Waals surface area contributed by atoms with E-state index >= 15 is 0 Å². The molecule has 2 N–H and O–H groups in total. The first kappa shape index (κ1) is 18.5. The molecule has 0 aliphatic heterocycles. The molecule has 26 heavy (non-hydrogen) atoms. The highest BCUT2D eigenvalue weighted by molar-refractivity contribution is 8.00. The number of aryl methyl sites for hydroxylation is 2. The van der Waals surface area contributed by atoms with Crippen LogP contribution in [0.1, 0.15) is 29.7 Å². The molecule has 0 aliphatic rings. The van der Waals surface area contributed by atoms with Crippen molar-refractivity contribution in [3.05, 3.63) is 59.4 Å². The molecular weight excluding hydrogens is 368 g/mol. The summed E-state index contributed by atoms with van der Waals surface area (Å²) in [6.45, 7) is 4.53. The molecule has 2 aromatic heterocycles. The van der Waals surface area contributed by atoms with E-state index < -0.39 is 0 Å². The molecule has 0 radical (unpaired) electrons. The summed E-state index contributed by atoms with van der Waals surface area (Å²) in [5.41, 5.74) is 2.23. The first-order valence-corrected chi connectivity index (χ1v) is 10.0. The van der Waals surface area contributed by atoms with E-state index in [0.29, 0.717) is 23.3 Å². The van der Waals surface area contributed by atoms with Gasteiger partial charge in [0.1, 0.15) is 5.76 Å². The van der Waals surface area contributed by atoms with Crippen LogP contribution >= 0.6 is 23.1 Å². The van der Waals surface area contributed by atoms with Gasteiger partial charge in [-0.25, -0.2) is 14.8 Å². The molecule has 0 unspecified atom stereocenters. The summed E-state index contributed by atoms with van der Waals surface area (Å²) in [5.74, 6) is 2.23. The molecule has 6 nitrogen and oxygen atoms in total. The highest BCUT2D eigenvalue weighted by atomic mass is 32.2. The lowest BCUT2D eigenvalue weighted by atomic mass is 10.1. The Hall–Kier alpha value is -2.32. The summed E-state index contributed by atoms with van der Waals surface area (Å²) in [7, 11) is 0. The monoisotopic (exact) mass is 388 g/mol. The normalized spacial score (nSPS) is 10.7. The number of anilines is 1. The summed E-state index contributed by atoms with van der Waals surface area (Å²) in [5, 5.41) is 6.16. The SMILES string of the molecule is CCc1cnc(CSc2cnc(NC(=O)NCc3cccc(C)c3)s2)o1. The van der Waals surface area contributed by atoms with Crippen molar-refractivity contribution in [1.29, 1.82) is 0 Å². The van der Waals surface area contributed by atoms with Gasteiger partial charge in [0, 0.05) is 13.0 Å². The second-order valence-electron chi connectivity index (χ2n) is 5.64. The van der Waals surface area contributed by atoms with E-state index in [9.17, 15) is 4.79 Å². The third-order valence-corrected chi connectivity index (χ3v) is 5.62. The van der Waals surface area contributed by atoms with E-state index in [0.717, 1.165) is 22.0 Å². The average Bonchev–Trinajstić information content (AvgIpc) is 3.27. The summed E-state index contributed by atoms with van der Waals surface area (Å²) in [6, 6.07) is 7.77. The minimum absolute atomic E-state index is 0.266. The van der Waals surface area contributed by atoms with Crippen LogP contribution in [0.25, 0.3) is 0 Å². The van der Waals surface area contributed by atoms with Gasteiger partial charge in [0.2, 0.25) is 5.89 Å². The van der Waals surface area contributed by atoms with E-state index in [1.165, 1.54) is 16.9 Å². The van der Waals surface area contributed by atoms with Crippen LogP contribution < -0.4 is 10.6 Å². The maximum absolute atomic E-state index is 12.0. The molecule has 0 aliphatic carbocycles. The van der Waals surface area contributed by atoms with Gasteiger partial charge in [-0.2, -0.15) is 0 Å². The molecule has 2 amide bonds. The van der Waals surface area contributed by atoms with Gasteiger partial charge in [0.05, 0.1) is 22.4 Å². The standard InChI is InChI=1S/C18H20N4O2S2/c1-3-14-9-19-15(24-14)11-25-16-10-21-18(26-16)22-17(23)20-8-13-6-4-5-12(2)7-13/h4-7,9-10H,3,8,11H2,1-2H3,(H2,20,21,22,23). The predicted molar refractivity (Wildman–Crippen MR) is 105 cm³/mol. The van der Waals surface area contributed by atoms with Crippen LogP contribution in [0.15, 0.2) is 45.3 Å². The third kappa shape index (κ3) is 5.34. The lowest BCUT2D eigenvalue weighted by Crippen LogP contribution is -2.28. The van der Waals surface area contributed by atoms with Crippen LogP contribution in [0.5, 0.6) is 0 Å².